The average molecular weight is 342 g/mol. The van der Waals surface area contributed by atoms with Crippen LogP contribution in [0.3, 0.4) is 0 Å². The Hall–Kier alpha value is -2.54. The van der Waals surface area contributed by atoms with Crippen molar-refractivity contribution in [2.24, 2.45) is 7.05 Å². The minimum atomic E-state index is -0.0778. The van der Waals surface area contributed by atoms with Crippen LogP contribution in [0.4, 0.5) is 0 Å². The third-order valence-corrected chi connectivity index (χ3v) is 4.75. The largest absolute Gasteiger partial charge is 0.486 e. The lowest BCUT2D eigenvalue weighted by Gasteiger charge is -2.33. The Morgan fingerprint density at radius 1 is 1.32 bits per heavy atom. The number of imidazole rings is 1. The Bertz CT molecular complexity index is 773. The number of amides is 1. The molecule has 0 spiro atoms. The molecule has 0 saturated carbocycles. The summed E-state index contributed by atoms with van der Waals surface area (Å²) in [5.41, 5.74) is 2.14. The molecule has 132 valence electrons. The molecular weight excluding hydrogens is 320 g/mol. The van der Waals surface area contributed by atoms with Gasteiger partial charge in [0.2, 0.25) is 5.91 Å². The number of nitrogens with one attached hydrogen (secondary N) is 2. The maximum absolute atomic E-state index is 11.9. The van der Waals surface area contributed by atoms with Gasteiger partial charge in [0.15, 0.2) is 11.5 Å². The molecule has 0 bridgehead atoms. The summed E-state index contributed by atoms with van der Waals surface area (Å²) in [5.74, 6) is 1.68. The number of nitrogens with zero attached hydrogens (tertiary/aromatic N) is 2. The molecule has 7 heteroatoms. The van der Waals surface area contributed by atoms with Crippen LogP contribution in [0.2, 0.25) is 0 Å². The van der Waals surface area contributed by atoms with Crippen LogP contribution in [0.5, 0.6) is 11.5 Å². The molecule has 25 heavy (non-hydrogen) atoms. The summed E-state index contributed by atoms with van der Waals surface area (Å²) < 4.78 is 13.2. The fourth-order valence-electron chi connectivity index (χ4n) is 3.41. The lowest BCUT2D eigenvalue weighted by atomic mass is 9.95. The molecule has 1 amide bonds. The molecule has 2 atom stereocenters. The van der Waals surface area contributed by atoms with Gasteiger partial charge < -0.3 is 24.7 Å². The molecule has 1 aromatic heterocycles. The van der Waals surface area contributed by atoms with Crippen LogP contribution in [0.1, 0.15) is 30.1 Å². The number of aryl methyl sites for hydroxylation is 1. The number of aromatic nitrogens is 2. The topological polar surface area (TPSA) is 77.4 Å². The van der Waals surface area contributed by atoms with Crippen molar-refractivity contribution in [3.8, 4) is 11.5 Å². The Kier molecular flexibility index (Phi) is 4.31. The van der Waals surface area contributed by atoms with E-state index in [1.807, 2.05) is 36.0 Å². The third-order valence-electron chi connectivity index (χ3n) is 4.75. The van der Waals surface area contributed by atoms with Crippen LogP contribution in [-0.4, -0.2) is 34.7 Å². The van der Waals surface area contributed by atoms with E-state index in [0.717, 1.165) is 29.2 Å². The third kappa shape index (κ3) is 3.32. The first-order chi connectivity index (χ1) is 12.2. The predicted molar refractivity (Wildman–Crippen MR) is 91.4 cm³/mol. The molecular formula is C18H22N4O3. The van der Waals surface area contributed by atoms with Crippen molar-refractivity contribution in [1.29, 1.82) is 0 Å². The Balaban J connectivity index is 1.47. The normalized spacial score (nSPS) is 22.5. The van der Waals surface area contributed by atoms with Crippen molar-refractivity contribution in [2.75, 3.05) is 13.2 Å². The lowest BCUT2D eigenvalue weighted by Crippen LogP contribution is -2.48. The van der Waals surface area contributed by atoms with E-state index in [0.29, 0.717) is 26.2 Å². The summed E-state index contributed by atoms with van der Waals surface area (Å²) >= 11 is 0. The maximum Gasteiger partial charge on any atom is 0.220 e. The van der Waals surface area contributed by atoms with Gasteiger partial charge >= 0.3 is 0 Å². The van der Waals surface area contributed by atoms with Crippen molar-refractivity contribution in [3.05, 3.63) is 42.0 Å². The van der Waals surface area contributed by atoms with Gasteiger partial charge in [0.05, 0.1) is 24.3 Å². The quantitative estimate of drug-likeness (QED) is 0.876. The first kappa shape index (κ1) is 16.0. The predicted octanol–water partition coefficient (Wildman–Crippen LogP) is 1.30. The zero-order valence-electron chi connectivity index (χ0n) is 14.2. The number of benzene rings is 1. The second kappa shape index (κ2) is 6.76. The number of carbonyl (C=O) groups is 1. The molecule has 2 aliphatic heterocycles. The fraction of sp³-hybridized carbons (Fsp3) is 0.444. The van der Waals surface area contributed by atoms with E-state index in [2.05, 4.69) is 15.6 Å². The number of ether oxygens (including phenoxy) is 2. The number of fused-ring (bicyclic) bond motifs is 1. The van der Waals surface area contributed by atoms with Crippen molar-refractivity contribution < 1.29 is 14.3 Å². The standard InChI is InChI=1S/C18H22N4O3/c1-22-11-19-10-14(22)18-13(3-5-17(23)21-18)20-9-12-2-4-15-16(8-12)25-7-6-24-15/h2,4,8,10-11,13,18,20H,3,5-7,9H2,1H3,(H,21,23)/t13-,18-/m1/s1. The summed E-state index contributed by atoms with van der Waals surface area (Å²) in [6.07, 6.45) is 4.91. The maximum atomic E-state index is 11.9. The van der Waals surface area contributed by atoms with Crippen LogP contribution in [0, 0.1) is 0 Å². The van der Waals surface area contributed by atoms with Gasteiger partial charge in [0.25, 0.3) is 0 Å². The second-order valence-electron chi connectivity index (χ2n) is 6.48. The number of hydrogen-bond donors (Lipinski definition) is 2. The summed E-state index contributed by atoms with van der Waals surface area (Å²) in [6, 6.07) is 6.09. The zero-order valence-corrected chi connectivity index (χ0v) is 14.2. The van der Waals surface area contributed by atoms with Gasteiger partial charge in [0.1, 0.15) is 13.2 Å². The molecule has 7 nitrogen and oxygen atoms in total. The zero-order chi connectivity index (χ0) is 17.2. The van der Waals surface area contributed by atoms with Crippen LogP contribution >= 0.6 is 0 Å². The molecule has 1 aromatic carbocycles. The van der Waals surface area contributed by atoms with Crippen LogP contribution < -0.4 is 20.1 Å². The number of rotatable bonds is 4. The van der Waals surface area contributed by atoms with Crippen molar-refractivity contribution >= 4 is 5.91 Å². The summed E-state index contributed by atoms with van der Waals surface area (Å²) in [6.45, 7) is 1.88. The van der Waals surface area contributed by atoms with Crippen molar-refractivity contribution in [2.45, 2.75) is 31.5 Å². The highest BCUT2D eigenvalue weighted by atomic mass is 16.6. The highest BCUT2D eigenvalue weighted by Gasteiger charge is 2.31. The molecule has 0 unspecified atom stereocenters. The Morgan fingerprint density at radius 3 is 2.96 bits per heavy atom. The highest BCUT2D eigenvalue weighted by molar-refractivity contribution is 5.77. The summed E-state index contributed by atoms with van der Waals surface area (Å²) in [4.78, 5) is 16.0. The van der Waals surface area contributed by atoms with E-state index in [1.165, 1.54) is 0 Å². The average Bonchev–Trinajstić information content (AvgIpc) is 3.06. The van der Waals surface area contributed by atoms with E-state index < -0.39 is 0 Å². The molecule has 0 aliphatic carbocycles. The van der Waals surface area contributed by atoms with Gasteiger partial charge in [-0.3, -0.25) is 4.79 Å². The van der Waals surface area contributed by atoms with Crippen molar-refractivity contribution in [3.63, 3.8) is 0 Å². The monoisotopic (exact) mass is 342 g/mol. The molecule has 2 aliphatic rings. The van der Waals surface area contributed by atoms with Gasteiger partial charge in [-0.2, -0.15) is 0 Å². The Labute approximate surface area is 146 Å². The second-order valence-corrected chi connectivity index (χ2v) is 6.48. The molecule has 1 fully saturated rings. The van der Waals surface area contributed by atoms with Gasteiger partial charge in [0, 0.05) is 26.1 Å². The van der Waals surface area contributed by atoms with Crippen LogP contribution in [-0.2, 0) is 18.4 Å². The number of piperidine rings is 1. The first-order valence-corrected chi connectivity index (χ1v) is 8.58. The van der Waals surface area contributed by atoms with E-state index in [4.69, 9.17) is 9.47 Å². The fourth-order valence-corrected chi connectivity index (χ4v) is 3.41. The molecule has 2 N–H and O–H groups in total. The lowest BCUT2D eigenvalue weighted by molar-refractivity contribution is -0.124. The van der Waals surface area contributed by atoms with Gasteiger partial charge in [-0.1, -0.05) is 6.07 Å². The van der Waals surface area contributed by atoms with E-state index in [1.54, 1.807) is 6.33 Å². The summed E-state index contributed by atoms with van der Waals surface area (Å²) in [5, 5.41) is 6.67. The van der Waals surface area contributed by atoms with E-state index in [-0.39, 0.29) is 18.0 Å². The van der Waals surface area contributed by atoms with Crippen LogP contribution in [0.15, 0.2) is 30.7 Å². The van der Waals surface area contributed by atoms with Gasteiger partial charge in [-0.25, -0.2) is 4.98 Å². The summed E-state index contributed by atoms with van der Waals surface area (Å²) in [7, 11) is 1.95. The smallest absolute Gasteiger partial charge is 0.220 e. The van der Waals surface area contributed by atoms with E-state index in [9.17, 15) is 4.79 Å². The molecule has 0 radical (unpaired) electrons. The molecule has 3 heterocycles. The molecule has 2 aromatic rings. The SMILES string of the molecule is Cn1cncc1[C@@H]1NC(=O)CC[C@H]1NCc1ccc2c(c1)OCCO2. The highest BCUT2D eigenvalue weighted by Crippen LogP contribution is 2.31. The van der Waals surface area contributed by atoms with Gasteiger partial charge in [-0.15, -0.1) is 0 Å². The molecule has 1 saturated heterocycles. The minimum Gasteiger partial charge on any atom is -0.486 e. The molecule has 4 rings (SSSR count). The minimum absolute atomic E-state index is 0.0778. The number of carbonyl (C=O) groups excluding carboxylic acids is 1. The van der Waals surface area contributed by atoms with E-state index >= 15 is 0 Å². The first-order valence-electron chi connectivity index (χ1n) is 8.58. The van der Waals surface area contributed by atoms with Crippen LogP contribution in [0.25, 0.3) is 0 Å². The van der Waals surface area contributed by atoms with Crippen molar-refractivity contribution in [1.82, 2.24) is 20.2 Å². The number of hydrogen-bond acceptors (Lipinski definition) is 5. The van der Waals surface area contributed by atoms with Gasteiger partial charge in [-0.05, 0) is 24.1 Å². The Morgan fingerprint density at radius 2 is 2.16 bits per heavy atom.